The predicted molar refractivity (Wildman–Crippen MR) is 133 cm³/mol. The molecule has 0 bridgehead atoms. The fourth-order valence-electron chi connectivity index (χ4n) is 6.17. The number of aliphatic hydroxyl groups is 2. The number of rotatable bonds is 6. The number of nitrogens with two attached hydrogens (primary N) is 1. The molecular formula is C27H34N4O4. The normalized spacial score (nSPS) is 24.1. The molecule has 8 nitrogen and oxygen atoms in total. The third-order valence-electron chi connectivity index (χ3n) is 8.47. The molecule has 3 aliphatic rings. The highest BCUT2D eigenvalue weighted by molar-refractivity contribution is 5.91. The second kappa shape index (κ2) is 8.84. The van der Waals surface area contributed by atoms with E-state index in [4.69, 9.17) is 5.73 Å². The predicted octanol–water partition coefficient (Wildman–Crippen LogP) is 1.79. The molecule has 1 saturated heterocycles. The van der Waals surface area contributed by atoms with Crippen molar-refractivity contribution in [2.75, 3.05) is 23.7 Å². The minimum Gasteiger partial charge on any atom is -0.397 e. The number of amides is 2. The van der Waals surface area contributed by atoms with E-state index in [0.29, 0.717) is 13.1 Å². The smallest absolute Gasteiger partial charge is 0.255 e. The van der Waals surface area contributed by atoms with E-state index < -0.39 is 29.6 Å². The Balaban J connectivity index is 1.19. The molecule has 0 aromatic heterocycles. The second-order valence-corrected chi connectivity index (χ2v) is 10.3. The molecule has 1 unspecified atom stereocenters. The van der Waals surface area contributed by atoms with Crippen molar-refractivity contribution < 1.29 is 19.8 Å². The number of fused-ring (bicyclic) bond motifs is 1. The van der Waals surface area contributed by atoms with Crippen LogP contribution in [-0.4, -0.2) is 57.8 Å². The molecule has 0 radical (unpaired) electrons. The summed E-state index contributed by atoms with van der Waals surface area (Å²) in [6, 6.07) is 15.5. The Labute approximate surface area is 205 Å². The molecule has 2 heterocycles. The van der Waals surface area contributed by atoms with E-state index in [-0.39, 0.29) is 5.41 Å². The van der Waals surface area contributed by atoms with Crippen LogP contribution >= 0.6 is 0 Å². The number of benzene rings is 2. The van der Waals surface area contributed by atoms with Crippen LogP contribution in [0, 0.1) is 5.41 Å². The van der Waals surface area contributed by atoms with Crippen molar-refractivity contribution in [1.82, 2.24) is 10.2 Å². The maximum atomic E-state index is 13.0. The van der Waals surface area contributed by atoms with Crippen LogP contribution < -0.4 is 16.0 Å². The van der Waals surface area contributed by atoms with Gasteiger partial charge in [-0.25, -0.2) is 0 Å². The number of para-hydroxylation sites is 2. The van der Waals surface area contributed by atoms with Gasteiger partial charge < -0.3 is 31.1 Å². The minimum atomic E-state index is -1.81. The van der Waals surface area contributed by atoms with Gasteiger partial charge >= 0.3 is 0 Å². The SMILES string of the molecule is CCC1(NC(=O)[C@H](O)[C@@H](O)C(=O)N2Cc3ccccc3C2)CC12CCN(c1ccccc1N)CC2. The van der Waals surface area contributed by atoms with E-state index in [1.807, 2.05) is 55.5 Å². The zero-order valence-electron chi connectivity index (χ0n) is 20.1. The molecule has 2 aromatic carbocycles. The average Bonchev–Trinajstić information content (AvgIpc) is 3.25. The zero-order valence-corrected chi connectivity index (χ0v) is 20.1. The lowest BCUT2D eigenvalue weighted by Gasteiger charge is -2.37. The number of hydrogen-bond donors (Lipinski definition) is 4. The lowest BCUT2D eigenvalue weighted by atomic mass is 9.86. The fourth-order valence-corrected chi connectivity index (χ4v) is 6.17. The van der Waals surface area contributed by atoms with Gasteiger partial charge in [-0.05, 0) is 54.4 Å². The monoisotopic (exact) mass is 478 g/mol. The van der Waals surface area contributed by atoms with Crippen LogP contribution in [0.25, 0.3) is 0 Å². The van der Waals surface area contributed by atoms with E-state index >= 15 is 0 Å². The summed E-state index contributed by atoms with van der Waals surface area (Å²) >= 11 is 0. The molecule has 2 aromatic rings. The van der Waals surface area contributed by atoms with Gasteiger partial charge in [-0.3, -0.25) is 9.59 Å². The largest absolute Gasteiger partial charge is 0.397 e. The fraction of sp³-hybridized carbons (Fsp3) is 0.481. The van der Waals surface area contributed by atoms with Gasteiger partial charge in [0, 0.05) is 31.7 Å². The van der Waals surface area contributed by atoms with Gasteiger partial charge in [0.1, 0.15) is 0 Å². The Kier molecular flexibility index (Phi) is 5.97. The number of aliphatic hydroxyl groups excluding tert-OH is 2. The second-order valence-electron chi connectivity index (χ2n) is 10.3. The summed E-state index contributed by atoms with van der Waals surface area (Å²) in [4.78, 5) is 29.6. The Morgan fingerprint density at radius 2 is 1.60 bits per heavy atom. The highest BCUT2D eigenvalue weighted by atomic mass is 16.3. The Morgan fingerprint density at radius 3 is 2.20 bits per heavy atom. The van der Waals surface area contributed by atoms with Crippen LogP contribution in [-0.2, 0) is 22.7 Å². The molecular weight excluding hydrogens is 444 g/mol. The van der Waals surface area contributed by atoms with Gasteiger partial charge in [0.2, 0.25) is 0 Å². The summed E-state index contributed by atoms with van der Waals surface area (Å²) in [6.07, 6.45) is -0.242. The molecule has 35 heavy (non-hydrogen) atoms. The van der Waals surface area contributed by atoms with Gasteiger partial charge in [0.15, 0.2) is 12.2 Å². The van der Waals surface area contributed by atoms with Crippen LogP contribution in [0.4, 0.5) is 11.4 Å². The first-order valence-electron chi connectivity index (χ1n) is 12.4. The van der Waals surface area contributed by atoms with Crippen molar-refractivity contribution in [1.29, 1.82) is 0 Å². The third-order valence-corrected chi connectivity index (χ3v) is 8.47. The van der Waals surface area contributed by atoms with Crippen molar-refractivity contribution in [3.8, 4) is 0 Å². The van der Waals surface area contributed by atoms with Crippen molar-refractivity contribution in [3.63, 3.8) is 0 Å². The number of carbonyl (C=O) groups is 2. The highest BCUT2D eigenvalue weighted by Gasteiger charge is 2.67. The van der Waals surface area contributed by atoms with Gasteiger partial charge in [-0.1, -0.05) is 43.3 Å². The van der Waals surface area contributed by atoms with Crippen LogP contribution in [0.15, 0.2) is 48.5 Å². The zero-order chi connectivity index (χ0) is 24.8. The number of anilines is 2. The first-order chi connectivity index (χ1) is 16.8. The lowest BCUT2D eigenvalue weighted by Crippen LogP contribution is -2.54. The summed E-state index contributed by atoms with van der Waals surface area (Å²) in [6.45, 7) is 4.44. The number of nitrogens with zero attached hydrogens (tertiary/aromatic N) is 2. The lowest BCUT2D eigenvalue weighted by molar-refractivity contribution is -0.154. The van der Waals surface area contributed by atoms with E-state index in [2.05, 4.69) is 10.2 Å². The summed E-state index contributed by atoms with van der Waals surface area (Å²) in [5, 5.41) is 24.2. The van der Waals surface area contributed by atoms with Gasteiger partial charge in [-0.15, -0.1) is 0 Å². The van der Waals surface area contributed by atoms with Gasteiger partial charge in [-0.2, -0.15) is 0 Å². The van der Waals surface area contributed by atoms with Gasteiger partial charge in [0.25, 0.3) is 11.8 Å². The van der Waals surface area contributed by atoms with Gasteiger partial charge in [0.05, 0.1) is 11.4 Å². The topological polar surface area (TPSA) is 119 Å². The average molecular weight is 479 g/mol. The Hall–Kier alpha value is -3.10. The van der Waals surface area contributed by atoms with Crippen molar-refractivity contribution in [2.24, 2.45) is 5.41 Å². The van der Waals surface area contributed by atoms with Crippen molar-refractivity contribution >= 4 is 23.2 Å². The van der Waals surface area contributed by atoms with Crippen molar-refractivity contribution in [2.45, 2.75) is 63.4 Å². The van der Waals surface area contributed by atoms with E-state index in [1.54, 1.807) is 0 Å². The highest BCUT2D eigenvalue weighted by Crippen LogP contribution is 2.64. The summed E-state index contributed by atoms with van der Waals surface area (Å²) < 4.78 is 0. The number of nitrogen functional groups attached to an aromatic ring is 1. The molecule has 2 amide bonds. The molecule has 8 heteroatoms. The van der Waals surface area contributed by atoms with Crippen LogP contribution in [0.5, 0.6) is 0 Å². The molecule has 2 fully saturated rings. The number of nitrogens with one attached hydrogen (secondary N) is 1. The van der Waals surface area contributed by atoms with Crippen LogP contribution in [0.3, 0.4) is 0 Å². The number of piperidine rings is 1. The number of carbonyl (C=O) groups excluding carboxylic acids is 2. The Morgan fingerprint density at radius 1 is 1.00 bits per heavy atom. The molecule has 186 valence electrons. The molecule has 1 aliphatic carbocycles. The molecule has 1 saturated carbocycles. The Bertz CT molecular complexity index is 1100. The minimum absolute atomic E-state index is 0.0390. The van der Waals surface area contributed by atoms with E-state index in [0.717, 1.165) is 61.3 Å². The van der Waals surface area contributed by atoms with Crippen LogP contribution in [0.1, 0.15) is 43.7 Å². The van der Waals surface area contributed by atoms with E-state index in [1.165, 1.54) is 4.90 Å². The standard InChI is InChI=1S/C27H34N4O4/c1-2-27(17-26(27)11-13-30(14-12-26)21-10-6-5-9-20(21)28)29-24(34)22(32)23(33)25(35)31-15-18-7-3-4-8-19(18)16-31/h3-10,22-23,32-33H,2,11-17,28H2,1H3,(H,29,34)/t22-,23-,27?/m1/s1. The summed E-state index contributed by atoms with van der Waals surface area (Å²) in [5.41, 5.74) is 9.52. The molecule has 1 spiro atoms. The number of hydrogen-bond acceptors (Lipinski definition) is 6. The van der Waals surface area contributed by atoms with E-state index in [9.17, 15) is 19.8 Å². The van der Waals surface area contributed by atoms with Crippen molar-refractivity contribution in [3.05, 3.63) is 59.7 Å². The quantitative estimate of drug-likeness (QED) is 0.470. The molecule has 5 rings (SSSR count). The van der Waals surface area contributed by atoms with Crippen LogP contribution in [0.2, 0.25) is 0 Å². The molecule has 2 aliphatic heterocycles. The first-order valence-corrected chi connectivity index (χ1v) is 12.4. The summed E-state index contributed by atoms with van der Waals surface area (Å²) in [7, 11) is 0. The third kappa shape index (κ3) is 4.04. The maximum Gasteiger partial charge on any atom is 0.255 e. The maximum absolute atomic E-state index is 13.0. The molecule has 3 atom stereocenters. The summed E-state index contributed by atoms with van der Waals surface area (Å²) in [5.74, 6) is -1.32. The molecule has 5 N–H and O–H groups in total. The first kappa shape index (κ1) is 23.6.